The van der Waals surface area contributed by atoms with Gasteiger partial charge < -0.3 is 33.3 Å². The number of ether oxygens (including phenoxy) is 6. The van der Waals surface area contributed by atoms with E-state index in [-0.39, 0.29) is 18.7 Å². The zero-order valence-corrected chi connectivity index (χ0v) is 23.1. The molecule has 2 aliphatic rings. The second-order valence-electron chi connectivity index (χ2n) is 10.3. The molecule has 1 aromatic rings. The van der Waals surface area contributed by atoms with E-state index in [2.05, 4.69) is 5.32 Å². The van der Waals surface area contributed by atoms with Crippen molar-refractivity contribution in [3.8, 4) is 0 Å². The van der Waals surface area contributed by atoms with Gasteiger partial charge in [0.05, 0.1) is 26.4 Å². The Morgan fingerprint density at radius 2 is 1.82 bits per heavy atom. The van der Waals surface area contributed by atoms with Crippen molar-refractivity contribution < 1.29 is 47.6 Å². The Hall–Kier alpha value is -3.64. The molecule has 2 amide bonds. The fourth-order valence-electron chi connectivity index (χ4n) is 4.46. The Kier molecular flexibility index (Phi) is 9.57. The van der Waals surface area contributed by atoms with Crippen LogP contribution in [0.5, 0.6) is 0 Å². The molecule has 0 bridgehead atoms. The van der Waals surface area contributed by atoms with Crippen molar-refractivity contribution >= 4 is 24.1 Å². The van der Waals surface area contributed by atoms with Crippen LogP contribution in [0.25, 0.3) is 0 Å². The molecule has 0 saturated carbocycles. The Morgan fingerprint density at radius 3 is 2.44 bits per heavy atom. The normalized spacial score (nSPS) is 24.7. The average Bonchev–Trinajstić information content (AvgIpc) is 3.29. The van der Waals surface area contributed by atoms with Gasteiger partial charge in [-0.15, -0.1) is 0 Å². The smallest absolute Gasteiger partial charge is 0.412 e. The number of fused-ring (bicyclic) bond motifs is 1. The standard InChI is InChI=1S/C27H36N2O10/c1-26(2,3)39-25(33)29(4)19-12-13-36-20-15-27(23(31)35-6,38-21(19)20)14-18(22(30)34-5)28-24(32)37-16-17-10-8-7-9-11-17/h7-11,14,19-21H,12-13,15-16H2,1-6H3,(H,28,32)/b18-14-/t19-,20-,21-,27-/m1/s1. The van der Waals surface area contributed by atoms with Crippen LogP contribution >= 0.6 is 0 Å². The molecular formula is C27H36N2O10. The van der Waals surface area contributed by atoms with Gasteiger partial charge in [0.2, 0.25) is 0 Å². The van der Waals surface area contributed by atoms with Gasteiger partial charge in [-0.05, 0) is 38.8 Å². The first kappa shape index (κ1) is 29.9. The molecule has 1 N–H and O–H groups in total. The molecule has 214 valence electrons. The topological polar surface area (TPSA) is 139 Å². The van der Waals surface area contributed by atoms with Crippen molar-refractivity contribution in [2.24, 2.45) is 0 Å². The maximum Gasteiger partial charge on any atom is 0.412 e. The molecule has 2 fully saturated rings. The molecule has 0 spiro atoms. The predicted octanol–water partition coefficient (Wildman–Crippen LogP) is 2.69. The molecule has 0 unspecified atom stereocenters. The van der Waals surface area contributed by atoms with Crippen LogP contribution < -0.4 is 5.32 Å². The number of esters is 2. The van der Waals surface area contributed by atoms with E-state index in [1.54, 1.807) is 52.1 Å². The van der Waals surface area contributed by atoms with Gasteiger partial charge in [0.25, 0.3) is 0 Å². The molecule has 0 aliphatic carbocycles. The highest BCUT2D eigenvalue weighted by Gasteiger charge is 2.57. The van der Waals surface area contributed by atoms with E-state index >= 15 is 0 Å². The number of nitrogens with zero attached hydrogens (tertiary/aromatic N) is 1. The van der Waals surface area contributed by atoms with E-state index in [9.17, 15) is 19.2 Å². The minimum Gasteiger partial charge on any atom is -0.467 e. The summed E-state index contributed by atoms with van der Waals surface area (Å²) >= 11 is 0. The van der Waals surface area contributed by atoms with E-state index in [4.69, 9.17) is 28.4 Å². The number of alkyl carbamates (subject to hydrolysis) is 1. The van der Waals surface area contributed by atoms with Crippen molar-refractivity contribution in [3.63, 3.8) is 0 Å². The van der Waals surface area contributed by atoms with E-state index in [0.29, 0.717) is 13.0 Å². The van der Waals surface area contributed by atoms with Gasteiger partial charge in [-0.25, -0.2) is 19.2 Å². The minimum atomic E-state index is -1.82. The summed E-state index contributed by atoms with van der Waals surface area (Å²) in [4.78, 5) is 52.4. The molecule has 2 saturated heterocycles. The maximum absolute atomic E-state index is 13.1. The lowest BCUT2D eigenvalue weighted by molar-refractivity contribution is -0.166. The van der Waals surface area contributed by atoms with Gasteiger partial charge in [-0.2, -0.15) is 0 Å². The fourth-order valence-corrected chi connectivity index (χ4v) is 4.46. The number of nitrogens with one attached hydrogen (secondary N) is 1. The maximum atomic E-state index is 13.1. The van der Waals surface area contributed by atoms with Crippen LogP contribution in [0.15, 0.2) is 42.1 Å². The van der Waals surface area contributed by atoms with Gasteiger partial charge in [0.15, 0.2) is 5.60 Å². The zero-order valence-electron chi connectivity index (χ0n) is 23.1. The average molecular weight is 549 g/mol. The van der Waals surface area contributed by atoms with E-state index in [0.717, 1.165) is 18.7 Å². The summed E-state index contributed by atoms with van der Waals surface area (Å²) in [5.74, 6) is -1.75. The first-order valence-electron chi connectivity index (χ1n) is 12.5. The summed E-state index contributed by atoms with van der Waals surface area (Å²) in [6.07, 6.45) is -1.34. The first-order valence-corrected chi connectivity index (χ1v) is 12.5. The van der Waals surface area contributed by atoms with Crippen LogP contribution in [0.4, 0.5) is 9.59 Å². The highest BCUT2D eigenvalue weighted by Crippen LogP contribution is 2.41. The number of hydrogen-bond donors (Lipinski definition) is 1. The summed E-state index contributed by atoms with van der Waals surface area (Å²) < 4.78 is 32.6. The van der Waals surface area contributed by atoms with Crippen molar-refractivity contribution in [2.45, 2.75) is 69.7 Å². The molecule has 12 nitrogen and oxygen atoms in total. The Labute approximate surface area is 227 Å². The van der Waals surface area contributed by atoms with Crippen LogP contribution in [0.1, 0.15) is 39.2 Å². The molecule has 0 radical (unpaired) electrons. The number of carbonyl (C=O) groups is 4. The third-order valence-electron chi connectivity index (χ3n) is 6.28. The summed E-state index contributed by atoms with van der Waals surface area (Å²) in [5.41, 5.74) is -2.17. The van der Waals surface area contributed by atoms with Crippen molar-refractivity contribution in [3.05, 3.63) is 47.7 Å². The second kappa shape index (κ2) is 12.5. The lowest BCUT2D eigenvalue weighted by atomic mass is 9.93. The van der Waals surface area contributed by atoms with E-state index in [1.165, 1.54) is 12.0 Å². The number of rotatable bonds is 7. The summed E-state index contributed by atoms with van der Waals surface area (Å²) in [6.45, 7) is 5.54. The lowest BCUT2D eigenvalue weighted by Crippen LogP contribution is -2.53. The quantitative estimate of drug-likeness (QED) is 0.307. The van der Waals surface area contributed by atoms with E-state index < -0.39 is 53.6 Å². The van der Waals surface area contributed by atoms with Crippen molar-refractivity contribution in [2.75, 3.05) is 27.9 Å². The summed E-state index contributed by atoms with van der Waals surface area (Å²) in [6, 6.07) is 8.47. The Morgan fingerprint density at radius 1 is 1.13 bits per heavy atom. The van der Waals surface area contributed by atoms with Gasteiger partial charge in [0.1, 0.15) is 24.0 Å². The Bertz CT molecular complexity index is 1080. The van der Waals surface area contributed by atoms with Crippen molar-refractivity contribution in [1.82, 2.24) is 10.2 Å². The number of carbonyl (C=O) groups excluding carboxylic acids is 4. The first-order chi connectivity index (χ1) is 18.4. The molecule has 1 aromatic carbocycles. The molecule has 0 aromatic heterocycles. The highest BCUT2D eigenvalue weighted by molar-refractivity contribution is 5.94. The minimum absolute atomic E-state index is 0.0375. The third-order valence-corrected chi connectivity index (χ3v) is 6.28. The number of amides is 2. The van der Waals surface area contributed by atoms with Crippen LogP contribution in [-0.2, 0) is 44.6 Å². The molecule has 39 heavy (non-hydrogen) atoms. The summed E-state index contributed by atoms with van der Waals surface area (Å²) in [5, 5.41) is 2.34. The lowest BCUT2D eigenvalue weighted by Gasteiger charge is -2.39. The largest absolute Gasteiger partial charge is 0.467 e. The highest BCUT2D eigenvalue weighted by atomic mass is 16.6. The van der Waals surface area contributed by atoms with Crippen LogP contribution in [0.2, 0.25) is 0 Å². The van der Waals surface area contributed by atoms with Gasteiger partial charge in [0, 0.05) is 20.1 Å². The van der Waals surface area contributed by atoms with E-state index in [1.807, 2.05) is 6.07 Å². The fraction of sp³-hybridized carbons (Fsp3) is 0.556. The molecule has 4 atom stereocenters. The van der Waals surface area contributed by atoms with Crippen LogP contribution in [-0.4, -0.2) is 86.4 Å². The number of likely N-dealkylation sites (N-methyl/N-ethyl adjacent to an activating group) is 1. The second-order valence-corrected chi connectivity index (χ2v) is 10.3. The van der Waals surface area contributed by atoms with Gasteiger partial charge in [-0.3, -0.25) is 5.32 Å². The zero-order chi connectivity index (χ0) is 28.8. The van der Waals surface area contributed by atoms with Gasteiger partial charge in [-0.1, -0.05) is 30.3 Å². The number of hydrogen-bond acceptors (Lipinski definition) is 10. The van der Waals surface area contributed by atoms with Gasteiger partial charge >= 0.3 is 24.1 Å². The summed E-state index contributed by atoms with van der Waals surface area (Å²) in [7, 11) is 3.89. The number of benzene rings is 1. The molecule has 3 rings (SSSR count). The molecular weight excluding hydrogens is 512 g/mol. The van der Waals surface area contributed by atoms with Crippen molar-refractivity contribution in [1.29, 1.82) is 0 Å². The molecule has 2 aliphatic heterocycles. The molecule has 2 heterocycles. The monoisotopic (exact) mass is 548 g/mol. The van der Waals surface area contributed by atoms with Crippen LogP contribution in [0, 0.1) is 0 Å². The molecule has 12 heteroatoms. The third kappa shape index (κ3) is 7.48. The Balaban J connectivity index is 1.85. The van der Waals surface area contributed by atoms with Crippen LogP contribution in [0.3, 0.4) is 0 Å². The SMILES string of the molecule is COC(=O)/C(=C/[C@]1(C(=O)OC)C[C@H]2OCC[C@@H](N(C)C(=O)OC(C)(C)C)[C@H]2O1)NC(=O)OCc1ccccc1. The predicted molar refractivity (Wildman–Crippen MR) is 136 cm³/mol. The number of methoxy groups -OCH3 is 2.